The molecule has 0 saturated carbocycles. The molecule has 4 heteroatoms. The Hall–Kier alpha value is -1.03. The lowest BCUT2D eigenvalue weighted by Crippen LogP contribution is -2.20. The van der Waals surface area contributed by atoms with Crippen LogP contribution >= 0.6 is 11.3 Å². The molecule has 0 aliphatic heterocycles. The molecule has 0 aliphatic rings. The van der Waals surface area contributed by atoms with Crippen LogP contribution in [0.15, 0.2) is 22.9 Å². The van der Waals surface area contributed by atoms with E-state index in [4.69, 9.17) is 5.41 Å². The van der Waals surface area contributed by atoms with E-state index in [-0.39, 0.29) is 5.96 Å². The van der Waals surface area contributed by atoms with Crippen molar-refractivity contribution in [2.24, 2.45) is 11.5 Å². The van der Waals surface area contributed by atoms with Crippen LogP contribution < -0.4 is 11.5 Å². The zero-order valence-electron chi connectivity index (χ0n) is 4.87. The number of guanidine groups is 1. The van der Waals surface area contributed by atoms with Gasteiger partial charge in [0.05, 0.1) is 0 Å². The van der Waals surface area contributed by atoms with Crippen LogP contribution in [0, 0.1) is 5.41 Å². The number of hydrogen-bond donors (Lipinski definition) is 3. The third-order valence-electron chi connectivity index (χ3n) is 0.425. The van der Waals surface area contributed by atoms with Gasteiger partial charge in [-0.1, -0.05) is 12.1 Å². The fourth-order valence-corrected chi connectivity index (χ4v) is 0.680. The molecular formula is C5H9N3S. The van der Waals surface area contributed by atoms with Crippen LogP contribution in [0.4, 0.5) is 0 Å². The van der Waals surface area contributed by atoms with Gasteiger partial charge >= 0.3 is 0 Å². The zero-order chi connectivity index (χ0) is 7.11. The first-order chi connectivity index (χ1) is 4.23. The van der Waals surface area contributed by atoms with E-state index in [1.54, 1.807) is 11.3 Å². The molecular weight excluding hydrogens is 134 g/mol. The molecule has 0 spiro atoms. The fourth-order valence-electron chi connectivity index (χ4n) is 0.227. The third-order valence-corrected chi connectivity index (χ3v) is 1.05. The maximum absolute atomic E-state index is 6.06. The molecule has 0 amide bonds. The third kappa shape index (κ3) is 10.9. The molecule has 0 fully saturated rings. The van der Waals surface area contributed by atoms with E-state index in [1.807, 2.05) is 22.9 Å². The minimum absolute atomic E-state index is 0.333. The highest BCUT2D eigenvalue weighted by atomic mass is 32.1. The highest BCUT2D eigenvalue weighted by molar-refractivity contribution is 7.07. The topological polar surface area (TPSA) is 75.9 Å². The van der Waals surface area contributed by atoms with Crippen LogP contribution in [0.25, 0.3) is 0 Å². The summed E-state index contributed by atoms with van der Waals surface area (Å²) in [6.45, 7) is 0. The Morgan fingerprint density at radius 3 is 1.67 bits per heavy atom. The van der Waals surface area contributed by atoms with E-state index in [1.165, 1.54) is 0 Å². The molecule has 9 heavy (non-hydrogen) atoms. The van der Waals surface area contributed by atoms with E-state index in [0.29, 0.717) is 0 Å². The Balaban J connectivity index is 0.000000148. The zero-order valence-corrected chi connectivity index (χ0v) is 5.69. The average molecular weight is 143 g/mol. The van der Waals surface area contributed by atoms with E-state index in [9.17, 15) is 0 Å². The van der Waals surface area contributed by atoms with Crippen molar-refractivity contribution in [2.75, 3.05) is 0 Å². The summed E-state index contributed by atoms with van der Waals surface area (Å²) in [6.07, 6.45) is 0. The first kappa shape index (κ1) is 7.97. The smallest absolute Gasteiger partial charge is 0.183 e. The highest BCUT2D eigenvalue weighted by Gasteiger charge is 1.58. The molecule has 50 valence electrons. The van der Waals surface area contributed by atoms with Gasteiger partial charge in [-0.05, 0) is 10.8 Å². The van der Waals surface area contributed by atoms with Crippen molar-refractivity contribution in [3.63, 3.8) is 0 Å². The monoisotopic (exact) mass is 143 g/mol. The Morgan fingerprint density at radius 1 is 1.22 bits per heavy atom. The average Bonchev–Trinajstić information content (AvgIpc) is 2.11. The summed E-state index contributed by atoms with van der Waals surface area (Å²) in [7, 11) is 0. The van der Waals surface area contributed by atoms with E-state index in [2.05, 4.69) is 11.5 Å². The largest absolute Gasteiger partial charge is 0.370 e. The Labute approximate surface area is 57.8 Å². The van der Waals surface area contributed by atoms with Crippen molar-refractivity contribution in [2.45, 2.75) is 0 Å². The molecule has 0 atom stereocenters. The van der Waals surface area contributed by atoms with Crippen LogP contribution in [-0.2, 0) is 0 Å². The molecule has 0 unspecified atom stereocenters. The second-order valence-electron chi connectivity index (χ2n) is 1.25. The lowest BCUT2D eigenvalue weighted by molar-refractivity contribution is 1.39. The van der Waals surface area contributed by atoms with E-state index < -0.39 is 0 Å². The number of thiophene rings is 1. The quantitative estimate of drug-likeness (QED) is 0.367. The summed E-state index contributed by atoms with van der Waals surface area (Å²) in [5.41, 5.74) is 8.94. The van der Waals surface area contributed by atoms with Gasteiger partial charge in [-0.25, -0.2) is 0 Å². The predicted molar refractivity (Wildman–Crippen MR) is 40.4 cm³/mol. The highest BCUT2D eigenvalue weighted by Crippen LogP contribution is 1.91. The Morgan fingerprint density at radius 2 is 1.56 bits per heavy atom. The maximum atomic E-state index is 6.06. The van der Waals surface area contributed by atoms with Gasteiger partial charge in [-0.3, -0.25) is 5.41 Å². The Kier molecular flexibility index (Phi) is 4.53. The summed E-state index contributed by atoms with van der Waals surface area (Å²) in [4.78, 5) is 0. The first-order valence-electron chi connectivity index (χ1n) is 2.30. The SMILES string of the molecule is N=C(N)N.c1ccsc1. The molecule has 0 bridgehead atoms. The van der Waals surface area contributed by atoms with Gasteiger partial charge in [0.15, 0.2) is 5.96 Å². The second-order valence-corrected chi connectivity index (χ2v) is 2.06. The van der Waals surface area contributed by atoms with E-state index >= 15 is 0 Å². The molecule has 1 rings (SSSR count). The van der Waals surface area contributed by atoms with Gasteiger partial charge in [-0.15, -0.1) is 0 Å². The van der Waals surface area contributed by atoms with Gasteiger partial charge < -0.3 is 11.5 Å². The first-order valence-corrected chi connectivity index (χ1v) is 3.24. The summed E-state index contributed by atoms with van der Waals surface area (Å²) >= 11 is 1.71. The number of hydrogen-bond acceptors (Lipinski definition) is 2. The molecule has 0 aromatic carbocycles. The van der Waals surface area contributed by atoms with Crippen LogP contribution in [0.3, 0.4) is 0 Å². The predicted octanol–water partition coefficient (Wildman–Crippen LogP) is 0.587. The molecule has 5 N–H and O–H groups in total. The van der Waals surface area contributed by atoms with Crippen molar-refractivity contribution in [1.82, 2.24) is 0 Å². The summed E-state index contributed by atoms with van der Waals surface area (Å²) in [6, 6.07) is 4.04. The number of nitrogens with one attached hydrogen (secondary N) is 1. The van der Waals surface area contributed by atoms with Gasteiger partial charge in [0.25, 0.3) is 0 Å². The van der Waals surface area contributed by atoms with Gasteiger partial charge in [0.1, 0.15) is 0 Å². The van der Waals surface area contributed by atoms with Crippen LogP contribution in [0.1, 0.15) is 0 Å². The second kappa shape index (κ2) is 5.11. The van der Waals surface area contributed by atoms with Crippen molar-refractivity contribution in [3.05, 3.63) is 22.9 Å². The molecule has 0 saturated heterocycles. The van der Waals surface area contributed by atoms with Crippen LogP contribution in [0.5, 0.6) is 0 Å². The van der Waals surface area contributed by atoms with Crippen molar-refractivity contribution >= 4 is 17.3 Å². The van der Waals surface area contributed by atoms with Crippen molar-refractivity contribution < 1.29 is 0 Å². The summed E-state index contributed by atoms with van der Waals surface area (Å²) in [5, 5.41) is 10.1. The van der Waals surface area contributed by atoms with Crippen molar-refractivity contribution in [3.8, 4) is 0 Å². The lowest BCUT2D eigenvalue weighted by Gasteiger charge is -1.69. The van der Waals surface area contributed by atoms with E-state index in [0.717, 1.165) is 0 Å². The van der Waals surface area contributed by atoms with Crippen LogP contribution in [0.2, 0.25) is 0 Å². The molecule has 0 radical (unpaired) electrons. The molecule has 1 heterocycles. The fraction of sp³-hybridized carbons (Fsp3) is 0. The lowest BCUT2D eigenvalue weighted by atomic mass is 10.7. The normalized spacial score (nSPS) is 7.11. The maximum Gasteiger partial charge on any atom is 0.183 e. The van der Waals surface area contributed by atoms with Gasteiger partial charge in [0.2, 0.25) is 0 Å². The standard InChI is InChI=1S/C4H4S.CH5N3/c1-2-4-5-3-1;2-1(3)4/h1-4H;(H5,2,3,4). The summed E-state index contributed by atoms with van der Waals surface area (Å²) in [5.74, 6) is -0.333. The van der Waals surface area contributed by atoms with Gasteiger partial charge in [-0.2, -0.15) is 11.3 Å². The molecule has 3 nitrogen and oxygen atoms in total. The van der Waals surface area contributed by atoms with Gasteiger partial charge in [0, 0.05) is 0 Å². The number of nitrogens with two attached hydrogens (primary N) is 2. The molecule has 0 aliphatic carbocycles. The van der Waals surface area contributed by atoms with Crippen LogP contribution in [-0.4, -0.2) is 5.96 Å². The minimum atomic E-state index is -0.333. The molecule has 1 aromatic heterocycles. The van der Waals surface area contributed by atoms with Crippen molar-refractivity contribution in [1.29, 1.82) is 5.41 Å². The minimum Gasteiger partial charge on any atom is -0.370 e. The summed E-state index contributed by atoms with van der Waals surface area (Å²) < 4.78 is 0. The Bertz CT molecular complexity index is 126. The molecule has 1 aromatic rings. The number of rotatable bonds is 0.